The number of aldehydes is 1. The van der Waals surface area contributed by atoms with Crippen molar-refractivity contribution >= 4 is 28.1 Å². The molecule has 98 valence electrons. The van der Waals surface area contributed by atoms with Crippen molar-refractivity contribution in [3.8, 4) is 11.5 Å². The first kappa shape index (κ1) is 14.5. The average Bonchev–Trinajstić information content (AvgIpc) is 2.35. The number of hydrogen-bond acceptors (Lipinski definition) is 4. The van der Waals surface area contributed by atoms with Crippen molar-refractivity contribution < 1.29 is 19.1 Å². The Hall–Kier alpha value is -1.56. The molecule has 0 heterocycles. The summed E-state index contributed by atoms with van der Waals surface area (Å²) in [5.74, 6) is 0.639. The monoisotopic (exact) mass is 315 g/mol. The van der Waals surface area contributed by atoms with Gasteiger partial charge in [0.2, 0.25) is 0 Å². The summed E-state index contributed by atoms with van der Waals surface area (Å²) in [5.41, 5.74) is 0.463. The third-order valence-corrected chi connectivity index (χ3v) is 2.82. The van der Waals surface area contributed by atoms with Crippen LogP contribution in [-0.2, 0) is 4.79 Å². The topological polar surface area (TPSA) is 55.8 Å². The maximum Gasteiger partial charge on any atom is 0.259 e. The number of hydrogen-bond donors (Lipinski definition) is 0. The summed E-state index contributed by atoms with van der Waals surface area (Å²) in [4.78, 5) is 23.6. The van der Waals surface area contributed by atoms with Crippen LogP contribution in [0.15, 0.2) is 16.6 Å². The molecular formula is C12H14BrNO4. The SMILES string of the molecule is COc1cc(C=O)cc(Br)c1OCC(=O)N(C)C. The molecule has 0 aliphatic carbocycles. The van der Waals surface area contributed by atoms with Gasteiger partial charge in [-0.05, 0) is 28.1 Å². The lowest BCUT2D eigenvalue weighted by atomic mass is 10.2. The molecule has 0 radical (unpaired) electrons. The largest absolute Gasteiger partial charge is 0.493 e. The van der Waals surface area contributed by atoms with E-state index in [9.17, 15) is 9.59 Å². The van der Waals surface area contributed by atoms with Crippen molar-refractivity contribution in [2.75, 3.05) is 27.8 Å². The maximum atomic E-state index is 11.4. The maximum absolute atomic E-state index is 11.4. The van der Waals surface area contributed by atoms with Crippen LogP contribution in [0.4, 0.5) is 0 Å². The fraction of sp³-hybridized carbons (Fsp3) is 0.333. The van der Waals surface area contributed by atoms with Crippen LogP contribution in [0.2, 0.25) is 0 Å². The summed E-state index contributed by atoms with van der Waals surface area (Å²) in [6.07, 6.45) is 0.710. The lowest BCUT2D eigenvalue weighted by molar-refractivity contribution is -0.130. The summed E-state index contributed by atoms with van der Waals surface area (Å²) in [5, 5.41) is 0. The highest BCUT2D eigenvalue weighted by Crippen LogP contribution is 2.36. The van der Waals surface area contributed by atoms with E-state index >= 15 is 0 Å². The van der Waals surface area contributed by atoms with Crippen molar-refractivity contribution in [1.29, 1.82) is 0 Å². The number of likely N-dealkylation sites (N-methyl/N-ethyl adjacent to an activating group) is 1. The summed E-state index contributed by atoms with van der Waals surface area (Å²) in [6, 6.07) is 3.15. The minimum Gasteiger partial charge on any atom is -0.493 e. The normalized spacial score (nSPS) is 9.78. The molecule has 0 N–H and O–H groups in total. The highest BCUT2D eigenvalue weighted by molar-refractivity contribution is 9.10. The molecule has 1 rings (SSSR count). The predicted molar refractivity (Wildman–Crippen MR) is 70.3 cm³/mol. The van der Waals surface area contributed by atoms with Crippen LogP contribution in [0.5, 0.6) is 11.5 Å². The molecule has 0 saturated carbocycles. The number of methoxy groups -OCH3 is 1. The molecule has 1 amide bonds. The quantitative estimate of drug-likeness (QED) is 0.777. The smallest absolute Gasteiger partial charge is 0.259 e. The average molecular weight is 316 g/mol. The van der Waals surface area contributed by atoms with E-state index in [1.807, 2.05) is 0 Å². The molecule has 0 bridgehead atoms. The number of amides is 1. The molecule has 5 nitrogen and oxygen atoms in total. The van der Waals surface area contributed by atoms with Crippen LogP contribution in [0.1, 0.15) is 10.4 Å². The summed E-state index contributed by atoms with van der Waals surface area (Å²) in [6.45, 7) is -0.0948. The van der Waals surface area contributed by atoms with Crippen LogP contribution in [-0.4, -0.2) is 44.9 Å². The van der Waals surface area contributed by atoms with Gasteiger partial charge in [-0.25, -0.2) is 0 Å². The molecule has 18 heavy (non-hydrogen) atoms. The highest BCUT2D eigenvalue weighted by Gasteiger charge is 2.13. The van der Waals surface area contributed by atoms with E-state index in [0.717, 1.165) is 0 Å². The first-order chi connectivity index (χ1) is 8.49. The number of carbonyl (C=O) groups is 2. The Morgan fingerprint density at radius 2 is 2.11 bits per heavy atom. The van der Waals surface area contributed by atoms with Crippen molar-refractivity contribution in [3.63, 3.8) is 0 Å². The van der Waals surface area contributed by atoms with Gasteiger partial charge in [-0.3, -0.25) is 9.59 Å². The van der Waals surface area contributed by atoms with Crippen LogP contribution < -0.4 is 9.47 Å². The van der Waals surface area contributed by atoms with Gasteiger partial charge in [-0.2, -0.15) is 0 Å². The van der Waals surface area contributed by atoms with Gasteiger partial charge in [0.05, 0.1) is 11.6 Å². The number of rotatable bonds is 5. The third kappa shape index (κ3) is 3.46. The Labute approximate surface area is 114 Å². The van der Waals surface area contributed by atoms with Crippen LogP contribution >= 0.6 is 15.9 Å². The van der Waals surface area contributed by atoms with Crippen LogP contribution in [0.3, 0.4) is 0 Å². The molecule has 0 aromatic heterocycles. The summed E-state index contributed by atoms with van der Waals surface area (Å²) < 4.78 is 11.1. The van der Waals surface area contributed by atoms with Crippen molar-refractivity contribution in [2.24, 2.45) is 0 Å². The standard InChI is InChI=1S/C12H14BrNO4/c1-14(2)11(16)7-18-12-9(13)4-8(6-15)5-10(12)17-3/h4-6H,7H2,1-3H3. The molecular weight excluding hydrogens is 302 g/mol. The molecule has 0 spiro atoms. The Bertz CT molecular complexity index is 460. The fourth-order valence-electron chi connectivity index (χ4n) is 1.21. The number of nitrogens with zero attached hydrogens (tertiary/aromatic N) is 1. The molecule has 0 unspecified atom stereocenters. The van der Waals surface area contributed by atoms with Gasteiger partial charge in [0, 0.05) is 19.7 Å². The minimum absolute atomic E-state index is 0.0948. The Kier molecular flexibility index (Phi) is 5.15. The number of carbonyl (C=O) groups excluding carboxylic acids is 2. The predicted octanol–water partition coefficient (Wildman–Crippen LogP) is 1.74. The van der Waals surface area contributed by atoms with Gasteiger partial charge < -0.3 is 14.4 Å². The van der Waals surface area contributed by atoms with Gasteiger partial charge in [-0.15, -0.1) is 0 Å². The van der Waals surface area contributed by atoms with Gasteiger partial charge in [0.25, 0.3) is 5.91 Å². The second-order valence-electron chi connectivity index (χ2n) is 3.73. The van der Waals surface area contributed by atoms with E-state index in [1.54, 1.807) is 26.2 Å². The first-order valence-electron chi connectivity index (χ1n) is 5.15. The number of benzene rings is 1. The summed E-state index contributed by atoms with van der Waals surface area (Å²) >= 11 is 3.28. The third-order valence-electron chi connectivity index (χ3n) is 2.23. The van der Waals surface area contributed by atoms with Crippen molar-refractivity contribution in [2.45, 2.75) is 0 Å². The minimum atomic E-state index is -0.164. The zero-order chi connectivity index (χ0) is 13.7. The molecule has 0 aliphatic rings. The second kappa shape index (κ2) is 6.39. The first-order valence-corrected chi connectivity index (χ1v) is 5.94. The van der Waals surface area contributed by atoms with Gasteiger partial charge in [0.1, 0.15) is 6.29 Å². The van der Waals surface area contributed by atoms with E-state index in [1.165, 1.54) is 12.0 Å². The zero-order valence-electron chi connectivity index (χ0n) is 10.4. The molecule has 0 atom stereocenters. The van der Waals surface area contributed by atoms with Crippen molar-refractivity contribution in [1.82, 2.24) is 4.90 Å². The molecule has 1 aromatic rings. The van der Waals surface area contributed by atoms with Crippen LogP contribution in [0.25, 0.3) is 0 Å². The zero-order valence-corrected chi connectivity index (χ0v) is 12.0. The number of ether oxygens (including phenoxy) is 2. The van der Waals surface area contributed by atoms with Crippen molar-refractivity contribution in [3.05, 3.63) is 22.2 Å². The van der Waals surface area contributed by atoms with E-state index in [-0.39, 0.29) is 12.5 Å². The lowest BCUT2D eigenvalue weighted by Gasteiger charge is -2.15. The number of halogens is 1. The van der Waals surface area contributed by atoms with Gasteiger partial charge in [-0.1, -0.05) is 0 Å². The summed E-state index contributed by atoms with van der Waals surface area (Å²) in [7, 11) is 4.76. The Balaban J connectivity index is 2.94. The molecule has 0 fully saturated rings. The van der Waals surface area contributed by atoms with E-state index in [4.69, 9.17) is 9.47 Å². The van der Waals surface area contributed by atoms with Crippen LogP contribution in [0, 0.1) is 0 Å². The lowest BCUT2D eigenvalue weighted by Crippen LogP contribution is -2.27. The Morgan fingerprint density at radius 1 is 1.44 bits per heavy atom. The molecule has 0 saturated heterocycles. The van der Waals surface area contributed by atoms with Gasteiger partial charge in [0.15, 0.2) is 18.1 Å². The second-order valence-corrected chi connectivity index (χ2v) is 4.58. The van der Waals surface area contributed by atoms with E-state index in [2.05, 4.69) is 15.9 Å². The fourth-order valence-corrected chi connectivity index (χ4v) is 1.79. The molecule has 0 aliphatic heterocycles. The molecule has 1 aromatic carbocycles. The van der Waals surface area contributed by atoms with E-state index < -0.39 is 0 Å². The Morgan fingerprint density at radius 3 is 2.61 bits per heavy atom. The van der Waals surface area contributed by atoms with Gasteiger partial charge >= 0.3 is 0 Å². The molecule has 6 heteroatoms. The highest BCUT2D eigenvalue weighted by atomic mass is 79.9. The van der Waals surface area contributed by atoms with E-state index in [0.29, 0.717) is 27.8 Å².